The first-order chi connectivity index (χ1) is 4.88. The molecule has 2 rings (SSSR count). The van der Waals surface area contributed by atoms with Crippen LogP contribution in [0.15, 0.2) is 30.3 Å². The molecule has 0 N–H and O–H groups in total. The first kappa shape index (κ1) is 5.99. The van der Waals surface area contributed by atoms with Crippen LogP contribution in [0.3, 0.4) is 0 Å². The Morgan fingerprint density at radius 3 is 2.80 bits per heavy atom. The van der Waals surface area contributed by atoms with Gasteiger partial charge in [0.05, 0.1) is 0 Å². The minimum Gasteiger partial charge on any atom is -0.0840 e. The normalized spacial score (nSPS) is 14.7. The van der Waals surface area contributed by atoms with Crippen LogP contribution in [0, 0.1) is 0 Å². The highest BCUT2D eigenvalue weighted by atomic mass is 35.5. The van der Waals surface area contributed by atoms with Crippen molar-refractivity contribution < 1.29 is 0 Å². The lowest BCUT2D eigenvalue weighted by molar-refractivity contribution is 1.31. The van der Waals surface area contributed by atoms with Gasteiger partial charge in [0.25, 0.3) is 0 Å². The molecule has 0 atom stereocenters. The van der Waals surface area contributed by atoms with Crippen LogP contribution in [-0.2, 0) is 6.42 Å². The standard InChI is InChI=1S/C9H7Cl/c10-9-6-5-7-3-1-2-4-8(7)9/h1-4,6H,5H2. The molecule has 0 amide bonds. The number of hydrogen-bond acceptors (Lipinski definition) is 0. The van der Waals surface area contributed by atoms with Crippen LogP contribution in [0.25, 0.3) is 5.03 Å². The second-order valence-corrected chi connectivity index (χ2v) is 2.82. The van der Waals surface area contributed by atoms with Gasteiger partial charge in [0.1, 0.15) is 0 Å². The summed E-state index contributed by atoms with van der Waals surface area (Å²) >= 11 is 5.90. The second-order valence-electron chi connectivity index (χ2n) is 2.41. The fourth-order valence-electron chi connectivity index (χ4n) is 1.24. The molecule has 0 bridgehead atoms. The fraction of sp³-hybridized carbons (Fsp3) is 0.111. The van der Waals surface area contributed by atoms with Gasteiger partial charge in [0.15, 0.2) is 0 Å². The molecular weight excluding hydrogens is 144 g/mol. The summed E-state index contributed by atoms with van der Waals surface area (Å²) in [5.74, 6) is 0. The van der Waals surface area contributed by atoms with Crippen molar-refractivity contribution in [1.82, 2.24) is 0 Å². The molecule has 1 aliphatic carbocycles. The fourth-order valence-corrected chi connectivity index (χ4v) is 1.50. The molecule has 0 aromatic heterocycles. The minimum atomic E-state index is 0.899. The Kier molecular flexibility index (Phi) is 1.28. The van der Waals surface area contributed by atoms with E-state index in [0.717, 1.165) is 11.5 Å². The van der Waals surface area contributed by atoms with Gasteiger partial charge in [0.2, 0.25) is 0 Å². The van der Waals surface area contributed by atoms with Gasteiger partial charge in [-0.25, -0.2) is 0 Å². The molecule has 0 radical (unpaired) electrons. The smallest absolute Gasteiger partial charge is 0.0444 e. The highest BCUT2D eigenvalue weighted by Gasteiger charge is 2.09. The van der Waals surface area contributed by atoms with Gasteiger partial charge in [0, 0.05) is 5.03 Å². The zero-order chi connectivity index (χ0) is 6.97. The van der Waals surface area contributed by atoms with Crippen LogP contribution in [0.5, 0.6) is 0 Å². The predicted octanol–water partition coefficient (Wildman–Crippen LogP) is 2.82. The van der Waals surface area contributed by atoms with E-state index in [0.29, 0.717) is 0 Å². The van der Waals surface area contributed by atoms with Crippen LogP contribution in [0.1, 0.15) is 11.1 Å². The van der Waals surface area contributed by atoms with Crippen LogP contribution in [0.2, 0.25) is 0 Å². The highest BCUT2D eigenvalue weighted by Crippen LogP contribution is 2.29. The van der Waals surface area contributed by atoms with Crippen LogP contribution >= 0.6 is 11.6 Å². The molecule has 0 saturated carbocycles. The maximum absolute atomic E-state index is 5.90. The Balaban J connectivity index is 2.61. The zero-order valence-electron chi connectivity index (χ0n) is 5.47. The number of allylic oxidation sites excluding steroid dienone is 1. The maximum atomic E-state index is 5.90. The predicted molar refractivity (Wildman–Crippen MR) is 44.0 cm³/mol. The summed E-state index contributed by atoms with van der Waals surface area (Å²) in [6.45, 7) is 0. The molecule has 1 aromatic carbocycles. The lowest BCUT2D eigenvalue weighted by Crippen LogP contribution is -1.78. The average molecular weight is 151 g/mol. The van der Waals surface area contributed by atoms with E-state index in [4.69, 9.17) is 11.6 Å². The SMILES string of the molecule is ClC1=CCc2ccccc21. The molecule has 0 spiro atoms. The van der Waals surface area contributed by atoms with Crippen LogP contribution in [0.4, 0.5) is 0 Å². The summed E-state index contributed by atoms with van der Waals surface area (Å²) in [4.78, 5) is 0. The van der Waals surface area contributed by atoms with Gasteiger partial charge in [-0.05, 0) is 17.5 Å². The highest BCUT2D eigenvalue weighted by molar-refractivity contribution is 6.49. The van der Waals surface area contributed by atoms with Gasteiger partial charge in [-0.15, -0.1) is 0 Å². The van der Waals surface area contributed by atoms with E-state index in [1.54, 1.807) is 0 Å². The second kappa shape index (κ2) is 2.14. The van der Waals surface area contributed by atoms with Crippen molar-refractivity contribution in [3.05, 3.63) is 41.5 Å². The first-order valence-corrected chi connectivity index (χ1v) is 3.69. The van der Waals surface area contributed by atoms with E-state index in [2.05, 4.69) is 12.1 Å². The molecule has 0 saturated heterocycles. The summed E-state index contributed by atoms with van der Waals surface area (Å²) in [7, 11) is 0. The molecule has 10 heavy (non-hydrogen) atoms. The van der Waals surface area contributed by atoms with E-state index in [1.807, 2.05) is 18.2 Å². The third-order valence-corrected chi connectivity index (χ3v) is 2.13. The number of halogens is 1. The molecule has 50 valence electrons. The summed E-state index contributed by atoms with van der Waals surface area (Å²) in [6.07, 6.45) is 3.04. The molecular formula is C9H7Cl. The van der Waals surface area contributed by atoms with Crippen molar-refractivity contribution in [2.24, 2.45) is 0 Å². The molecule has 0 aliphatic heterocycles. The average Bonchev–Trinajstić information content (AvgIpc) is 2.34. The van der Waals surface area contributed by atoms with Gasteiger partial charge >= 0.3 is 0 Å². The van der Waals surface area contributed by atoms with E-state index in [1.165, 1.54) is 11.1 Å². The van der Waals surface area contributed by atoms with E-state index >= 15 is 0 Å². The molecule has 1 aromatic rings. The van der Waals surface area contributed by atoms with Crippen LogP contribution < -0.4 is 0 Å². The summed E-state index contributed by atoms with van der Waals surface area (Å²) in [5.41, 5.74) is 2.54. The Morgan fingerprint density at radius 1 is 1.20 bits per heavy atom. The molecule has 0 heterocycles. The molecule has 1 aliphatic rings. The van der Waals surface area contributed by atoms with E-state index in [-0.39, 0.29) is 0 Å². The van der Waals surface area contributed by atoms with Gasteiger partial charge in [-0.1, -0.05) is 41.9 Å². The van der Waals surface area contributed by atoms with Crippen molar-refractivity contribution in [3.8, 4) is 0 Å². The number of benzene rings is 1. The topological polar surface area (TPSA) is 0 Å². The zero-order valence-corrected chi connectivity index (χ0v) is 6.23. The minimum absolute atomic E-state index is 0.899. The third-order valence-electron chi connectivity index (χ3n) is 1.78. The summed E-state index contributed by atoms with van der Waals surface area (Å²) < 4.78 is 0. The Labute approximate surface area is 65.1 Å². The molecule has 0 nitrogen and oxygen atoms in total. The lowest BCUT2D eigenvalue weighted by Gasteiger charge is -1.96. The third kappa shape index (κ3) is 0.764. The van der Waals surface area contributed by atoms with Gasteiger partial charge < -0.3 is 0 Å². The van der Waals surface area contributed by atoms with E-state index in [9.17, 15) is 0 Å². The monoisotopic (exact) mass is 150 g/mol. The van der Waals surface area contributed by atoms with Gasteiger partial charge in [-0.2, -0.15) is 0 Å². The van der Waals surface area contributed by atoms with E-state index < -0.39 is 0 Å². The molecule has 0 fully saturated rings. The first-order valence-electron chi connectivity index (χ1n) is 3.32. The Bertz CT molecular complexity index is 287. The Morgan fingerprint density at radius 2 is 2.00 bits per heavy atom. The van der Waals surface area contributed by atoms with Gasteiger partial charge in [-0.3, -0.25) is 0 Å². The largest absolute Gasteiger partial charge is 0.0840 e. The number of hydrogen-bond donors (Lipinski definition) is 0. The summed E-state index contributed by atoms with van der Waals surface area (Å²) in [5, 5.41) is 0.899. The number of fused-ring (bicyclic) bond motifs is 1. The van der Waals surface area contributed by atoms with Crippen LogP contribution in [-0.4, -0.2) is 0 Å². The number of rotatable bonds is 0. The van der Waals surface area contributed by atoms with Crippen molar-refractivity contribution in [2.45, 2.75) is 6.42 Å². The van der Waals surface area contributed by atoms with Crippen molar-refractivity contribution in [1.29, 1.82) is 0 Å². The lowest BCUT2D eigenvalue weighted by atomic mass is 10.1. The quantitative estimate of drug-likeness (QED) is 0.534. The van der Waals surface area contributed by atoms with Crippen molar-refractivity contribution in [3.63, 3.8) is 0 Å². The Hall–Kier alpha value is -0.750. The maximum Gasteiger partial charge on any atom is 0.0444 e. The molecule has 0 unspecified atom stereocenters. The molecule has 1 heteroatoms. The summed E-state index contributed by atoms with van der Waals surface area (Å²) in [6, 6.07) is 8.23. The van der Waals surface area contributed by atoms with Crippen molar-refractivity contribution >= 4 is 16.6 Å². The van der Waals surface area contributed by atoms with Crippen molar-refractivity contribution in [2.75, 3.05) is 0 Å².